The number of piperidine rings is 1. The van der Waals surface area contributed by atoms with Gasteiger partial charge in [-0.2, -0.15) is 0 Å². The Hall–Kier alpha value is -1.92. The summed E-state index contributed by atoms with van der Waals surface area (Å²) in [4.78, 5) is 23.7. The molecule has 0 bridgehead atoms. The van der Waals surface area contributed by atoms with Crippen molar-refractivity contribution in [3.63, 3.8) is 0 Å². The molecular formula is C18H25N3O2S. The first-order valence-corrected chi connectivity index (χ1v) is 9.36. The average molecular weight is 347 g/mol. The van der Waals surface area contributed by atoms with E-state index in [4.69, 9.17) is 0 Å². The summed E-state index contributed by atoms with van der Waals surface area (Å²) in [6.07, 6.45) is 3.21. The first-order valence-electron chi connectivity index (χ1n) is 8.11. The van der Waals surface area contributed by atoms with Gasteiger partial charge in [-0.05, 0) is 55.5 Å². The monoisotopic (exact) mass is 347 g/mol. The van der Waals surface area contributed by atoms with Gasteiger partial charge in [-0.1, -0.05) is 17.2 Å². The molecule has 0 radical (unpaired) electrons. The SMILES string of the molecule is C=CC(=O)Nc1ccc(S(=CC)N2CCC(NC(C)=O)CC2)cc1. The first-order chi connectivity index (χ1) is 11.5. The minimum Gasteiger partial charge on any atom is -0.354 e. The fraction of sp³-hybridized carbons (Fsp3) is 0.389. The molecular weight excluding hydrogens is 322 g/mol. The summed E-state index contributed by atoms with van der Waals surface area (Å²) in [5, 5.41) is 7.99. The van der Waals surface area contributed by atoms with Crippen LogP contribution in [0.3, 0.4) is 0 Å². The smallest absolute Gasteiger partial charge is 0.247 e. The zero-order valence-corrected chi connectivity index (χ0v) is 15.1. The maximum atomic E-state index is 11.3. The van der Waals surface area contributed by atoms with Crippen LogP contribution < -0.4 is 10.6 Å². The van der Waals surface area contributed by atoms with Gasteiger partial charge in [0.05, 0.1) is 0 Å². The topological polar surface area (TPSA) is 61.4 Å². The predicted molar refractivity (Wildman–Crippen MR) is 101 cm³/mol. The van der Waals surface area contributed by atoms with Crippen LogP contribution in [0.15, 0.2) is 41.8 Å². The maximum absolute atomic E-state index is 11.3. The standard InChI is InChI=1S/C18H25N3O2S/c1-4-18(23)20-15-6-8-17(9-7-15)24(5-2)21-12-10-16(11-13-21)19-14(3)22/h4-9,16H,1,10-13H2,2-3H3,(H,19,22)(H,20,23). The summed E-state index contributed by atoms with van der Waals surface area (Å²) >= 11 is 0. The number of hydrogen-bond donors (Lipinski definition) is 2. The molecule has 1 fully saturated rings. The summed E-state index contributed by atoms with van der Waals surface area (Å²) in [5.74, 6) is -0.157. The third kappa shape index (κ3) is 5.04. The zero-order chi connectivity index (χ0) is 17.5. The van der Waals surface area contributed by atoms with Crippen molar-refractivity contribution in [3.05, 3.63) is 36.9 Å². The number of carbonyl (C=O) groups is 2. The summed E-state index contributed by atoms with van der Waals surface area (Å²) in [5.41, 5.74) is 0.771. The fourth-order valence-electron chi connectivity index (χ4n) is 2.79. The highest BCUT2D eigenvalue weighted by Crippen LogP contribution is 2.33. The van der Waals surface area contributed by atoms with Crippen LogP contribution in [0.5, 0.6) is 0 Å². The summed E-state index contributed by atoms with van der Waals surface area (Å²) < 4.78 is 2.45. The van der Waals surface area contributed by atoms with Crippen LogP contribution in [0, 0.1) is 0 Å². The van der Waals surface area contributed by atoms with Gasteiger partial charge in [0.25, 0.3) is 0 Å². The summed E-state index contributed by atoms with van der Waals surface area (Å²) in [6.45, 7) is 9.04. The highest BCUT2D eigenvalue weighted by atomic mass is 32.2. The van der Waals surface area contributed by atoms with Crippen molar-refractivity contribution in [3.8, 4) is 0 Å². The average Bonchev–Trinajstić information content (AvgIpc) is 2.58. The summed E-state index contributed by atoms with van der Waals surface area (Å²) in [7, 11) is -0.0689. The number of anilines is 1. The Morgan fingerprint density at radius 3 is 2.38 bits per heavy atom. The quantitative estimate of drug-likeness (QED) is 0.636. The van der Waals surface area contributed by atoms with Gasteiger partial charge in [0.1, 0.15) is 0 Å². The number of amides is 2. The molecule has 0 aliphatic carbocycles. The normalized spacial score (nSPS) is 17.2. The van der Waals surface area contributed by atoms with Gasteiger partial charge in [-0.25, -0.2) is 0 Å². The molecule has 5 nitrogen and oxygen atoms in total. The van der Waals surface area contributed by atoms with Crippen molar-refractivity contribution in [1.82, 2.24) is 9.62 Å². The second-order valence-electron chi connectivity index (χ2n) is 5.67. The Morgan fingerprint density at radius 1 is 1.25 bits per heavy atom. The van der Waals surface area contributed by atoms with E-state index in [0.29, 0.717) is 0 Å². The second-order valence-corrected chi connectivity index (χ2v) is 7.76. The highest BCUT2D eigenvalue weighted by molar-refractivity contribution is 8.13. The van der Waals surface area contributed by atoms with Crippen LogP contribution in [-0.2, 0) is 9.59 Å². The molecule has 0 saturated carbocycles. The Balaban J connectivity index is 2.00. The Morgan fingerprint density at radius 2 is 1.88 bits per heavy atom. The van der Waals surface area contributed by atoms with Gasteiger partial charge in [0.15, 0.2) is 0 Å². The van der Waals surface area contributed by atoms with Gasteiger partial charge in [0, 0.05) is 36.6 Å². The molecule has 130 valence electrons. The van der Waals surface area contributed by atoms with Crippen LogP contribution in [0.1, 0.15) is 26.7 Å². The lowest BCUT2D eigenvalue weighted by atomic mass is 10.1. The van der Waals surface area contributed by atoms with E-state index in [1.165, 1.54) is 11.0 Å². The fourth-order valence-corrected chi connectivity index (χ4v) is 4.68. The largest absolute Gasteiger partial charge is 0.354 e. The molecule has 2 amide bonds. The molecule has 0 spiro atoms. The van der Waals surface area contributed by atoms with Crippen LogP contribution >= 0.6 is 10.7 Å². The third-order valence-corrected chi connectivity index (χ3v) is 6.03. The highest BCUT2D eigenvalue weighted by Gasteiger charge is 2.21. The van der Waals surface area contributed by atoms with E-state index in [1.807, 2.05) is 12.1 Å². The zero-order valence-electron chi connectivity index (χ0n) is 14.2. The molecule has 1 heterocycles. The lowest BCUT2D eigenvalue weighted by Gasteiger charge is -2.34. The molecule has 6 heteroatoms. The lowest BCUT2D eigenvalue weighted by molar-refractivity contribution is -0.119. The molecule has 1 saturated heterocycles. The number of nitrogens with one attached hydrogen (secondary N) is 2. The Labute approximate surface area is 146 Å². The molecule has 2 rings (SSSR count). The van der Waals surface area contributed by atoms with Crippen molar-refractivity contribution in [2.45, 2.75) is 37.6 Å². The lowest BCUT2D eigenvalue weighted by Crippen LogP contribution is -2.42. The minimum atomic E-state index is -0.205. The van der Waals surface area contributed by atoms with E-state index in [0.717, 1.165) is 31.6 Å². The van der Waals surface area contributed by atoms with Crippen molar-refractivity contribution in [1.29, 1.82) is 0 Å². The van der Waals surface area contributed by atoms with Crippen LogP contribution in [-0.4, -0.2) is 40.6 Å². The molecule has 1 aromatic carbocycles. The van der Waals surface area contributed by atoms with Crippen molar-refractivity contribution >= 4 is 33.5 Å². The van der Waals surface area contributed by atoms with Crippen molar-refractivity contribution < 1.29 is 9.59 Å². The van der Waals surface area contributed by atoms with Gasteiger partial charge < -0.3 is 10.6 Å². The molecule has 0 aromatic heterocycles. The van der Waals surface area contributed by atoms with Gasteiger partial charge in [-0.15, -0.1) is 0 Å². The Kier molecular flexibility index (Phi) is 6.75. The first kappa shape index (κ1) is 18.4. The van der Waals surface area contributed by atoms with E-state index < -0.39 is 0 Å². The van der Waals surface area contributed by atoms with Crippen LogP contribution in [0.4, 0.5) is 5.69 Å². The van der Waals surface area contributed by atoms with Gasteiger partial charge in [0.2, 0.25) is 11.8 Å². The van der Waals surface area contributed by atoms with Gasteiger partial charge >= 0.3 is 0 Å². The van der Waals surface area contributed by atoms with E-state index in [2.05, 4.69) is 45.9 Å². The van der Waals surface area contributed by atoms with Crippen LogP contribution in [0.2, 0.25) is 0 Å². The molecule has 1 aliphatic heterocycles. The van der Waals surface area contributed by atoms with Crippen molar-refractivity contribution in [2.24, 2.45) is 0 Å². The third-order valence-electron chi connectivity index (χ3n) is 3.91. The minimum absolute atomic E-state index is 0.0478. The van der Waals surface area contributed by atoms with Crippen LogP contribution in [0.25, 0.3) is 0 Å². The van der Waals surface area contributed by atoms with Gasteiger partial charge in [-0.3, -0.25) is 13.9 Å². The van der Waals surface area contributed by atoms with E-state index in [-0.39, 0.29) is 28.5 Å². The number of benzene rings is 1. The number of hydrogen-bond acceptors (Lipinski definition) is 3. The maximum Gasteiger partial charge on any atom is 0.247 e. The molecule has 24 heavy (non-hydrogen) atoms. The van der Waals surface area contributed by atoms with Crippen molar-refractivity contribution in [2.75, 3.05) is 18.4 Å². The molecule has 1 aromatic rings. The molecule has 2 N–H and O–H groups in total. The predicted octanol–water partition coefficient (Wildman–Crippen LogP) is 2.78. The molecule has 1 unspecified atom stereocenters. The number of nitrogens with zero attached hydrogens (tertiary/aromatic N) is 1. The summed E-state index contributed by atoms with van der Waals surface area (Å²) in [6, 6.07) is 8.25. The molecule has 1 atom stereocenters. The number of rotatable bonds is 5. The molecule has 1 aliphatic rings. The number of carbonyl (C=O) groups excluding carboxylic acids is 2. The Bertz CT molecular complexity index is 632. The van der Waals surface area contributed by atoms with E-state index in [9.17, 15) is 9.59 Å². The second kappa shape index (κ2) is 8.80. The van der Waals surface area contributed by atoms with E-state index in [1.54, 1.807) is 6.92 Å². The van der Waals surface area contributed by atoms with E-state index >= 15 is 0 Å².